The van der Waals surface area contributed by atoms with E-state index in [4.69, 9.17) is 22.1 Å². The first kappa shape index (κ1) is 11.7. The van der Waals surface area contributed by atoms with Crippen LogP contribution in [0.3, 0.4) is 0 Å². The summed E-state index contributed by atoms with van der Waals surface area (Å²) in [4.78, 5) is 7.71. The van der Waals surface area contributed by atoms with Crippen molar-refractivity contribution in [2.75, 3.05) is 5.73 Å². The lowest BCUT2D eigenvalue weighted by atomic mass is 10.1. The van der Waals surface area contributed by atoms with Crippen LogP contribution < -0.4 is 10.5 Å². The minimum atomic E-state index is 0.133. The average molecular weight is 250 g/mol. The molecule has 88 valence electrons. The van der Waals surface area contributed by atoms with Crippen LogP contribution in [-0.2, 0) is 0 Å². The highest BCUT2D eigenvalue weighted by molar-refractivity contribution is 6.31. The third-order valence-corrected chi connectivity index (χ3v) is 2.40. The highest BCUT2D eigenvalue weighted by Crippen LogP contribution is 2.28. The second-order valence-corrected chi connectivity index (χ2v) is 4.21. The number of ether oxygens (including phenoxy) is 1. The summed E-state index contributed by atoms with van der Waals surface area (Å²) in [6.07, 6.45) is 1.42. The highest BCUT2D eigenvalue weighted by Gasteiger charge is 2.07. The normalized spacial score (nSPS) is 10.3. The molecular formula is C12H12ClN3O. The lowest BCUT2D eigenvalue weighted by Gasteiger charge is -2.08. The van der Waals surface area contributed by atoms with E-state index in [1.807, 2.05) is 26.0 Å². The number of rotatable bonds is 2. The summed E-state index contributed by atoms with van der Waals surface area (Å²) in [6, 6.07) is 5.87. The molecule has 0 saturated heterocycles. The van der Waals surface area contributed by atoms with Gasteiger partial charge in [0.2, 0.25) is 11.8 Å². The monoisotopic (exact) mass is 249 g/mol. The molecule has 4 nitrogen and oxygen atoms in total. The van der Waals surface area contributed by atoms with Crippen LogP contribution in [0.5, 0.6) is 11.6 Å². The Bertz CT molecular complexity index is 537. The van der Waals surface area contributed by atoms with Crippen LogP contribution >= 0.6 is 11.6 Å². The van der Waals surface area contributed by atoms with E-state index < -0.39 is 0 Å². The molecule has 0 aliphatic carbocycles. The average Bonchev–Trinajstić information content (AvgIpc) is 2.22. The Morgan fingerprint density at radius 3 is 2.47 bits per heavy atom. The standard InChI is InChI=1S/C12H12ClN3O/c1-7-3-8(2)5-9(4-7)17-11-10(13)6-15-12(14)16-11/h3-6H,1-2H3,(H2,14,15,16). The van der Waals surface area contributed by atoms with Crippen LogP contribution in [0.4, 0.5) is 5.95 Å². The summed E-state index contributed by atoms with van der Waals surface area (Å²) in [5.41, 5.74) is 7.70. The Labute approximate surface area is 104 Å². The van der Waals surface area contributed by atoms with Gasteiger partial charge in [-0.25, -0.2) is 4.98 Å². The van der Waals surface area contributed by atoms with Crippen molar-refractivity contribution in [3.8, 4) is 11.6 Å². The number of halogens is 1. The predicted octanol–water partition coefficient (Wildman–Crippen LogP) is 3.12. The van der Waals surface area contributed by atoms with Gasteiger partial charge < -0.3 is 10.5 Å². The van der Waals surface area contributed by atoms with Crippen LogP contribution in [0, 0.1) is 13.8 Å². The molecule has 1 heterocycles. The molecule has 0 radical (unpaired) electrons. The summed E-state index contributed by atoms with van der Waals surface area (Å²) in [5.74, 6) is 1.08. The number of nitrogen functional groups attached to an aromatic ring is 1. The van der Waals surface area contributed by atoms with E-state index in [0.29, 0.717) is 10.8 Å². The summed E-state index contributed by atoms with van der Waals surface area (Å²) >= 11 is 5.92. The van der Waals surface area contributed by atoms with Gasteiger partial charge in [-0.3, -0.25) is 0 Å². The maximum absolute atomic E-state index is 5.92. The van der Waals surface area contributed by atoms with Gasteiger partial charge in [0, 0.05) is 0 Å². The lowest BCUT2D eigenvalue weighted by Crippen LogP contribution is -1.97. The summed E-state index contributed by atoms with van der Waals surface area (Å²) < 4.78 is 5.59. The maximum atomic E-state index is 5.92. The molecule has 17 heavy (non-hydrogen) atoms. The van der Waals surface area contributed by atoms with Crippen molar-refractivity contribution in [3.63, 3.8) is 0 Å². The van der Waals surface area contributed by atoms with E-state index >= 15 is 0 Å². The van der Waals surface area contributed by atoms with Gasteiger partial charge in [-0.2, -0.15) is 4.98 Å². The first-order chi connectivity index (χ1) is 8.04. The molecule has 1 aromatic heterocycles. The number of aryl methyl sites for hydroxylation is 2. The molecule has 0 unspecified atom stereocenters. The van der Waals surface area contributed by atoms with Crippen molar-refractivity contribution in [3.05, 3.63) is 40.5 Å². The zero-order chi connectivity index (χ0) is 12.4. The second-order valence-electron chi connectivity index (χ2n) is 3.81. The molecular weight excluding hydrogens is 238 g/mol. The van der Waals surface area contributed by atoms with Gasteiger partial charge >= 0.3 is 0 Å². The number of aromatic nitrogens is 2. The van der Waals surface area contributed by atoms with E-state index in [1.165, 1.54) is 6.20 Å². The SMILES string of the molecule is Cc1cc(C)cc(Oc2nc(N)ncc2Cl)c1. The number of nitrogens with zero attached hydrogens (tertiary/aromatic N) is 2. The van der Waals surface area contributed by atoms with Gasteiger partial charge in [-0.15, -0.1) is 0 Å². The molecule has 0 fully saturated rings. The smallest absolute Gasteiger partial charge is 0.243 e. The van der Waals surface area contributed by atoms with E-state index in [1.54, 1.807) is 0 Å². The second kappa shape index (κ2) is 4.59. The van der Waals surface area contributed by atoms with Crippen molar-refractivity contribution in [2.24, 2.45) is 0 Å². The molecule has 1 aromatic carbocycles. The molecule has 2 rings (SSSR count). The topological polar surface area (TPSA) is 61.0 Å². The zero-order valence-corrected chi connectivity index (χ0v) is 10.3. The molecule has 0 aliphatic heterocycles. The van der Waals surface area contributed by atoms with Gasteiger partial charge in [0.05, 0.1) is 6.20 Å². The molecule has 0 saturated carbocycles. The van der Waals surface area contributed by atoms with E-state index in [9.17, 15) is 0 Å². The molecule has 0 aliphatic rings. The van der Waals surface area contributed by atoms with Crippen LogP contribution in [-0.4, -0.2) is 9.97 Å². The van der Waals surface area contributed by atoms with Crippen molar-refractivity contribution in [1.29, 1.82) is 0 Å². The fourth-order valence-electron chi connectivity index (χ4n) is 1.54. The van der Waals surface area contributed by atoms with Crippen LogP contribution in [0.2, 0.25) is 5.02 Å². The Kier molecular flexibility index (Phi) is 3.15. The minimum absolute atomic E-state index is 0.133. The highest BCUT2D eigenvalue weighted by atomic mass is 35.5. The fourth-order valence-corrected chi connectivity index (χ4v) is 1.67. The van der Waals surface area contributed by atoms with Crippen molar-refractivity contribution in [1.82, 2.24) is 9.97 Å². The number of hydrogen-bond acceptors (Lipinski definition) is 4. The van der Waals surface area contributed by atoms with E-state index in [-0.39, 0.29) is 11.8 Å². The summed E-state index contributed by atoms with van der Waals surface area (Å²) in [7, 11) is 0. The quantitative estimate of drug-likeness (QED) is 0.888. The summed E-state index contributed by atoms with van der Waals surface area (Å²) in [6.45, 7) is 3.99. The number of nitrogens with two attached hydrogens (primary N) is 1. The number of benzene rings is 1. The third-order valence-electron chi connectivity index (χ3n) is 2.14. The predicted molar refractivity (Wildman–Crippen MR) is 67.4 cm³/mol. The van der Waals surface area contributed by atoms with Crippen molar-refractivity contribution >= 4 is 17.5 Å². The van der Waals surface area contributed by atoms with Gasteiger partial charge in [-0.1, -0.05) is 17.7 Å². The third kappa shape index (κ3) is 2.85. The lowest BCUT2D eigenvalue weighted by molar-refractivity contribution is 0.462. The van der Waals surface area contributed by atoms with E-state index in [0.717, 1.165) is 11.1 Å². The van der Waals surface area contributed by atoms with Gasteiger partial charge in [-0.05, 0) is 37.1 Å². The Morgan fingerprint density at radius 2 is 1.82 bits per heavy atom. The Balaban J connectivity index is 2.34. The molecule has 2 aromatic rings. The first-order valence-electron chi connectivity index (χ1n) is 5.09. The number of anilines is 1. The first-order valence-corrected chi connectivity index (χ1v) is 5.46. The van der Waals surface area contributed by atoms with Gasteiger partial charge in [0.15, 0.2) is 0 Å². The Morgan fingerprint density at radius 1 is 1.18 bits per heavy atom. The zero-order valence-electron chi connectivity index (χ0n) is 9.57. The molecule has 0 bridgehead atoms. The van der Waals surface area contributed by atoms with Crippen molar-refractivity contribution < 1.29 is 4.74 Å². The Hall–Kier alpha value is -1.81. The number of hydrogen-bond donors (Lipinski definition) is 1. The van der Waals surface area contributed by atoms with Crippen LogP contribution in [0.1, 0.15) is 11.1 Å². The largest absolute Gasteiger partial charge is 0.437 e. The van der Waals surface area contributed by atoms with Gasteiger partial charge in [0.25, 0.3) is 0 Å². The van der Waals surface area contributed by atoms with Gasteiger partial charge in [0.1, 0.15) is 10.8 Å². The van der Waals surface area contributed by atoms with Crippen LogP contribution in [0.25, 0.3) is 0 Å². The molecule has 0 amide bonds. The van der Waals surface area contributed by atoms with Crippen LogP contribution in [0.15, 0.2) is 24.4 Å². The van der Waals surface area contributed by atoms with E-state index in [2.05, 4.69) is 16.0 Å². The minimum Gasteiger partial charge on any atom is -0.437 e. The fraction of sp³-hybridized carbons (Fsp3) is 0.167. The summed E-state index contributed by atoms with van der Waals surface area (Å²) in [5, 5.41) is 0.332. The molecule has 5 heteroatoms. The molecule has 0 atom stereocenters. The maximum Gasteiger partial charge on any atom is 0.243 e. The molecule has 0 spiro atoms. The molecule has 2 N–H and O–H groups in total. The van der Waals surface area contributed by atoms with Crippen molar-refractivity contribution in [2.45, 2.75) is 13.8 Å².